The first-order chi connectivity index (χ1) is 13.1. The molecule has 2 rings (SSSR count). The van der Waals surface area contributed by atoms with E-state index in [9.17, 15) is 9.59 Å². The minimum Gasteiger partial charge on any atom is -0.493 e. The molecule has 0 saturated heterocycles. The summed E-state index contributed by atoms with van der Waals surface area (Å²) >= 11 is 0. The van der Waals surface area contributed by atoms with Crippen LogP contribution in [-0.4, -0.2) is 37.4 Å². The summed E-state index contributed by atoms with van der Waals surface area (Å²) in [5.41, 5.74) is 2.29. The lowest BCUT2D eigenvalue weighted by atomic mass is 10.1. The molecule has 0 spiro atoms. The van der Waals surface area contributed by atoms with E-state index in [1.54, 1.807) is 25.3 Å². The molecule has 1 aromatic carbocycles. The third kappa shape index (κ3) is 6.94. The molecular weight excluding hydrogens is 350 g/mol. The lowest BCUT2D eigenvalue weighted by Gasteiger charge is -2.16. The number of carbonyl (C=O) groups excluding carboxylic acids is 2. The minimum absolute atomic E-state index is 0.117. The molecule has 27 heavy (non-hydrogen) atoms. The molecule has 150 valence electrons. The Morgan fingerprint density at radius 3 is 2.41 bits per heavy atom. The third-order valence-electron chi connectivity index (χ3n) is 4.05. The number of methoxy groups -OCH3 is 2. The number of rotatable bonds is 7. The van der Waals surface area contributed by atoms with Gasteiger partial charge in [0.15, 0.2) is 11.5 Å². The van der Waals surface area contributed by atoms with Gasteiger partial charge in [0.05, 0.1) is 26.7 Å². The monoisotopic (exact) mass is 379 g/mol. The quantitative estimate of drug-likeness (QED) is 0.326. The number of hydrogen-bond acceptors (Lipinski definition) is 6. The first kappa shape index (κ1) is 22.5. The molecule has 0 unspecified atom stereocenters. The van der Waals surface area contributed by atoms with Gasteiger partial charge in [-0.2, -0.15) is 0 Å². The zero-order chi connectivity index (χ0) is 20.2. The van der Waals surface area contributed by atoms with E-state index >= 15 is 0 Å². The van der Waals surface area contributed by atoms with Gasteiger partial charge in [-0.3, -0.25) is 10.0 Å². The molecule has 7 nitrogen and oxygen atoms in total. The smallest absolute Gasteiger partial charge is 0.334 e. The SMILES string of the molecule is CC.COC(=O)/C(=C/c1ccc(OC)c(OC2CCCC2)c1)CC(=O)NO. The van der Waals surface area contributed by atoms with Gasteiger partial charge in [0, 0.05) is 5.57 Å². The lowest BCUT2D eigenvalue weighted by Crippen LogP contribution is -2.21. The van der Waals surface area contributed by atoms with E-state index in [1.165, 1.54) is 18.7 Å². The van der Waals surface area contributed by atoms with Crippen molar-refractivity contribution in [2.75, 3.05) is 14.2 Å². The van der Waals surface area contributed by atoms with Crippen molar-refractivity contribution in [3.05, 3.63) is 29.3 Å². The highest BCUT2D eigenvalue weighted by Gasteiger charge is 2.19. The number of carbonyl (C=O) groups is 2. The molecule has 1 aliphatic rings. The number of ether oxygens (including phenoxy) is 3. The molecule has 2 N–H and O–H groups in total. The van der Waals surface area contributed by atoms with Crippen LogP contribution in [0.5, 0.6) is 11.5 Å². The van der Waals surface area contributed by atoms with Crippen LogP contribution in [0.2, 0.25) is 0 Å². The topological polar surface area (TPSA) is 94.1 Å². The fourth-order valence-corrected chi connectivity index (χ4v) is 2.79. The van der Waals surface area contributed by atoms with Crippen molar-refractivity contribution in [1.82, 2.24) is 5.48 Å². The van der Waals surface area contributed by atoms with Crippen molar-refractivity contribution in [1.29, 1.82) is 0 Å². The van der Waals surface area contributed by atoms with Crippen LogP contribution in [0.25, 0.3) is 6.08 Å². The second-order valence-corrected chi connectivity index (χ2v) is 5.81. The maximum atomic E-state index is 11.8. The van der Waals surface area contributed by atoms with Crippen molar-refractivity contribution in [2.45, 2.75) is 52.1 Å². The number of nitrogens with one attached hydrogen (secondary N) is 1. The molecular formula is C20H29NO6. The lowest BCUT2D eigenvalue weighted by molar-refractivity contribution is -0.138. The zero-order valence-corrected chi connectivity index (χ0v) is 16.4. The van der Waals surface area contributed by atoms with Crippen molar-refractivity contribution in [3.63, 3.8) is 0 Å². The summed E-state index contributed by atoms with van der Waals surface area (Å²) in [6.45, 7) is 4.00. The average Bonchev–Trinajstić information content (AvgIpc) is 3.21. The summed E-state index contributed by atoms with van der Waals surface area (Å²) in [7, 11) is 2.80. The van der Waals surface area contributed by atoms with Gasteiger partial charge in [0.2, 0.25) is 5.91 Å². The first-order valence-corrected chi connectivity index (χ1v) is 9.14. The van der Waals surface area contributed by atoms with Gasteiger partial charge in [-0.15, -0.1) is 0 Å². The molecule has 1 saturated carbocycles. The van der Waals surface area contributed by atoms with E-state index in [1.807, 2.05) is 13.8 Å². The highest BCUT2D eigenvalue weighted by molar-refractivity contribution is 5.99. The predicted molar refractivity (Wildman–Crippen MR) is 102 cm³/mol. The Hall–Kier alpha value is -2.54. The van der Waals surface area contributed by atoms with E-state index in [0.717, 1.165) is 25.7 Å². The van der Waals surface area contributed by atoms with Gasteiger partial charge in [-0.1, -0.05) is 19.9 Å². The normalized spacial score (nSPS) is 14.0. The Morgan fingerprint density at radius 1 is 1.19 bits per heavy atom. The fourth-order valence-electron chi connectivity index (χ4n) is 2.79. The Balaban J connectivity index is 0.00000176. The highest BCUT2D eigenvalue weighted by Crippen LogP contribution is 2.33. The standard InChI is InChI=1S/C18H23NO6.C2H6/c1-23-15-8-7-12(10-16(15)25-14-5-3-4-6-14)9-13(18(21)24-2)11-17(20)19-22;1-2/h7-10,14,22H,3-6,11H2,1-2H3,(H,19,20);1-2H3/b13-9+;. The van der Waals surface area contributed by atoms with Crippen LogP contribution in [0.3, 0.4) is 0 Å². The second-order valence-electron chi connectivity index (χ2n) is 5.81. The third-order valence-corrected chi connectivity index (χ3v) is 4.05. The fraction of sp³-hybridized carbons (Fsp3) is 0.500. The van der Waals surface area contributed by atoms with Crippen LogP contribution in [0.4, 0.5) is 0 Å². The van der Waals surface area contributed by atoms with Crippen LogP contribution < -0.4 is 15.0 Å². The molecule has 0 aliphatic heterocycles. The van der Waals surface area contributed by atoms with Crippen LogP contribution >= 0.6 is 0 Å². The number of hydroxylamine groups is 1. The van der Waals surface area contributed by atoms with Crippen molar-refractivity contribution >= 4 is 18.0 Å². The second kappa shape index (κ2) is 12.0. The largest absolute Gasteiger partial charge is 0.493 e. The summed E-state index contributed by atoms with van der Waals surface area (Å²) < 4.78 is 16.0. The summed E-state index contributed by atoms with van der Waals surface area (Å²) in [6.07, 6.45) is 5.70. The van der Waals surface area contributed by atoms with Crippen molar-refractivity contribution < 1.29 is 29.0 Å². The van der Waals surface area contributed by atoms with Crippen LogP contribution in [-0.2, 0) is 14.3 Å². The van der Waals surface area contributed by atoms with Gasteiger partial charge in [0.1, 0.15) is 0 Å². The van der Waals surface area contributed by atoms with Gasteiger partial charge >= 0.3 is 5.97 Å². The maximum Gasteiger partial charge on any atom is 0.334 e. The zero-order valence-electron chi connectivity index (χ0n) is 16.4. The van der Waals surface area contributed by atoms with Crippen LogP contribution in [0.15, 0.2) is 23.8 Å². The Labute approximate surface area is 160 Å². The van der Waals surface area contributed by atoms with Gasteiger partial charge in [0.25, 0.3) is 0 Å². The minimum atomic E-state index is -0.701. The van der Waals surface area contributed by atoms with E-state index in [-0.39, 0.29) is 18.1 Å². The summed E-state index contributed by atoms with van der Waals surface area (Å²) in [5.74, 6) is -0.138. The van der Waals surface area contributed by atoms with Crippen molar-refractivity contribution in [2.24, 2.45) is 0 Å². The molecule has 0 bridgehead atoms. The average molecular weight is 379 g/mol. The molecule has 0 heterocycles. The number of hydrogen-bond donors (Lipinski definition) is 2. The number of amides is 1. The maximum absolute atomic E-state index is 11.8. The van der Waals surface area contributed by atoms with Crippen molar-refractivity contribution in [3.8, 4) is 11.5 Å². The molecule has 1 amide bonds. The molecule has 7 heteroatoms. The number of esters is 1. The molecule has 1 fully saturated rings. The van der Waals surface area contributed by atoms with E-state index in [2.05, 4.69) is 4.74 Å². The van der Waals surface area contributed by atoms with E-state index in [0.29, 0.717) is 17.1 Å². The number of benzene rings is 1. The summed E-state index contributed by atoms with van der Waals surface area (Å²) in [4.78, 5) is 23.2. The molecule has 0 aromatic heterocycles. The van der Waals surface area contributed by atoms with Crippen LogP contribution in [0.1, 0.15) is 51.5 Å². The molecule has 0 radical (unpaired) electrons. The van der Waals surface area contributed by atoms with Crippen LogP contribution in [0, 0.1) is 0 Å². The Kier molecular flexibility index (Phi) is 9.96. The molecule has 0 atom stereocenters. The first-order valence-electron chi connectivity index (χ1n) is 9.14. The van der Waals surface area contributed by atoms with Gasteiger partial charge in [-0.05, 0) is 49.5 Å². The summed E-state index contributed by atoms with van der Waals surface area (Å²) in [5, 5.41) is 8.66. The summed E-state index contributed by atoms with van der Waals surface area (Å²) in [6, 6.07) is 5.26. The molecule has 1 aliphatic carbocycles. The Bertz CT molecular complexity index is 650. The highest BCUT2D eigenvalue weighted by atomic mass is 16.5. The van der Waals surface area contributed by atoms with Gasteiger partial charge in [-0.25, -0.2) is 10.3 Å². The Morgan fingerprint density at radius 2 is 1.85 bits per heavy atom. The van der Waals surface area contributed by atoms with Gasteiger partial charge < -0.3 is 14.2 Å². The predicted octanol–water partition coefficient (Wildman–Crippen LogP) is 3.49. The van der Waals surface area contributed by atoms with E-state index in [4.69, 9.17) is 14.7 Å². The van der Waals surface area contributed by atoms with E-state index < -0.39 is 11.9 Å². The molecule has 1 aromatic rings.